The molecule has 0 radical (unpaired) electrons. The lowest BCUT2D eigenvalue weighted by molar-refractivity contribution is 1.33. The van der Waals surface area contributed by atoms with Gasteiger partial charge in [0.25, 0.3) is 0 Å². The van der Waals surface area contributed by atoms with E-state index >= 15 is 0 Å². The molecule has 34 heavy (non-hydrogen) atoms. The van der Waals surface area contributed by atoms with E-state index in [1.54, 1.807) is 0 Å². The van der Waals surface area contributed by atoms with E-state index < -0.39 is 0 Å². The SMILES string of the molecule is c1cncc(-c2ccc3ccc4c(-c5cccc(-c6ccncc6)c5)ccc5ccc2c3c54)c1. The first-order valence-electron chi connectivity index (χ1n) is 11.5. The molecule has 0 fully saturated rings. The van der Waals surface area contributed by atoms with Crippen LogP contribution >= 0.6 is 0 Å². The maximum atomic E-state index is 4.35. The molecule has 0 atom stereocenters. The third kappa shape index (κ3) is 2.89. The fourth-order valence-electron chi connectivity index (χ4n) is 5.24. The Balaban J connectivity index is 1.51. The summed E-state index contributed by atoms with van der Waals surface area (Å²) in [5.41, 5.74) is 7.22. The van der Waals surface area contributed by atoms with Crippen molar-refractivity contribution in [2.24, 2.45) is 0 Å². The lowest BCUT2D eigenvalue weighted by Crippen LogP contribution is -1.90. The highest BCUT2D eigenvalue weighted by molar-refractivity contribution is 6.27. The smallest absolute Gasteiger partial charge is 0.0346 e. The molecule has 0 amide bonds. The lowest BCUT2D eigenvalue weighted by atomic mass is 9.87. The fraction of sp³-hybridized carbons (Fsp3) is 0. The van der Waals surface area contributed by atoms with Crippen molar-refractivity contribution in [1.82, 2.24) is 9.97 Å². The molecular formula is C32H20N2. The van der Waals surface area contributed by atoms with Crippen LogP contribution in [0, 0.1) is 0 Å². The van der Waals surface area contributed by atoms with E-state index in [1.165, 1.54) is 60.1 Å². The largest absolute Gasteiger partial charge is 0.265 e. The van der Waals surface area contributed by atoms with Crippen LogP contribution in [0.2, 0.25) is 0 Å². The topological polar surface area (TPSA) is 25.8 Å². The second-order valence-corrected chi connectivity index (χ2v) is 8.71. The first-order chi connectivity index (χ1) is 16.9. The summed E-state index contributed by atoms with van der Waals surface area (Å²) in [4.78, 5) is 8.52. The molecule has 7 aromatic rings. The van der Waals surface area contributed by atoms with Crippen LogP contribution in [0.1, 0.15) is 0 Å². The van der Waals surface area contributed by atoms with Crippen molar-refractivity contribution in [2.75, 3.05) is 0 Å². The molecule has 2 heteroatoms. The average molecular weight is 433 g/mol. The molecule has 0 saturated carbocycles. The third-order valence-electron chi connectivity index (χ3n) is 6.82. The van der Waals surface area contributed by atoms with Gasteiger partial charge in [0.15, 0.2) is 0 Å². The number of pyridine rings is 2. The van der Waals surface area contributed by atoms with E-state index in [-0.39, 0.29) is 0 Å². The summed E-state index contributed by atoms with van der Waals surface area (Å²) in [5.74, 6) is 0. The molecule has 0 spiro atoms. The van der Waals surface area contributed by atoms with Crippen LogP contribution in [0.5, 0.6) is 0 Å². The molecule has 0 aliphatic heterocycles. The van der Waals surface area contributed by atoms with E-state index in [0.717, 1.165) is 5.56 Å². The van der Waals surface area contributed by atoms with Gasteiger partial charge >= 0.3 is 0 Å². The van der Waals surface area contributed by atoms with E-state index in [2.05, 4.69) is 101 Å². The van der Waals surface area contributed by atoms with E-state index in [0.29, 0.717) is 0 Å². The molecule has 158 valence electrons. The summed E-state index contributed by atoms with van der Waals surface area (Å²) in [6.07, 6.45) is 7.46. The molecule has 0 aliphatic rings. The number of hydrogen-bond acceptors (Lipinski definition) is 2. The van der Waals surface area contributed by atoms with Crippen molar-refractivity contribution < 1.29 is 0 Å². The molecule has 0 aliphatic carbocycles. The van der Waals surface area contributed by atoms with Crippen LogP contribution in [-0.4, -0.2) is 9.97 Å². The Hall–Kier alpha value is -4.56. The zero-order chi connectivity index (χ0) is 22.5. The fourth-order valence-corrected chi connectivity index (χ4v) is 5.24. The molecule has 2 heterocycles. The zero-order valence-corrected chi connectivity index (χ0v) is 18.4. The van der Waals surface area contributed by atoms with Crippen LogP contribution < -0.4 is 0 Å². The van der Waals surface area contributed by atoms with Crippen LogP contribution in [0.25, 0.3) is 65.7 Å². The van der Waals surface area contributed by atoms with Gasteiger partial charge in [-0.1, -0.05) is 72.8 Å². The van der Waals surface area contributed by atoms with Crippen LogP contribution in [-0.2, 0) is 0 Å². The van der Waals surface area contributed by atoms with Gasteiger partial charge in [-0.3, -0.25) is 9.97 Å². The Morgan fingerprint density at radius 2 is 1.03 bits per heavy atom. The van der Waals surface area contributed by atoms with E-state index in [4.69, 9.17) is 0 Å². The maximum absolute atomic E-state index is 4.35. The minimum absolute atomic E-state index is 1.14. The Bertz CT molecular complexity index is 1790. The van der Waals surface area contributed by atoms with Crippen LogP contribution in [0.4, 0.5) is 0 Å². The average Bonchev–Trinajstić information content (AvgIpc) is 2.92. The first kappa shape index (κ1) is 19.0. The molecule has 7 rings (SSSR count). The second kappa shape index (κ2) is 7.50. The molecular weight excluding hydrogens is 412 g/mol. The van der Waals surface area contributed by atoms with Crippen molar-refractivity contribution in [3.63, 3.8) is 0 Å². The monoisotopic (exact) mass is 432 g/mol. The van der Waals surface area contributed by atoms with Crippen molar-refractivity contribution >= 4 is 32.3 Å². The van der Waals surface area contributed by atoms with Crippen LogP contribution in [0.15, 0.2) is 122 Å². The minimum atomic E-state index is 1.14. The van der Waals surface area contributed by atoms with Gasteiger partial charge in [0.2, 0.25) is 0 Å². The Kier molecular flexibility index (Phi) is 4.18. The highest BCUT2D eigenvalue weighted by Gasteiger charge is 2.15. The van der Waals surface area contributed by atoms with Crippen molar-refractivity contribution in [1.29, 1.82) is 0 Å². The third-order valence-corrected chi connectivity index (χ3v) is 6.82. The van der Waals surface area contributed by atoms with Gasteiger partial charge in [-0.15, -0.1) is 0 Å². The Labute approximate surface area is 197 Å². The molecule has 2 aromatic heterocycles. The van der Waals surface area contributed by atoms with Gasteiger partial charge in [0.05, 0.1) is 0 Å². The normalized spacial score (nSPS) is 11.5. The summed E-state index contributed by atoms with van der Waals surface area (Å²) >= 11 is 0. The molecule has 0 N–H and O–H groups in total. The molecule has 0 saturated heterocycles. The molecule has 0 bridgehead atoms. The van der Waals surface area contributed by atoms with Crippen molar-refractivity contribution in [3.05, 3.63) is 122 Å². The second-order valence-electron chi connectivity index (χ2n) is 8.71. The highest BCUT2D eigenvalue weighted by Crippen LogP contribution is 2.42. The quantitative estimate of drug-likeness (QED) is 0.262. The summed E-state index contributed by atoms with van der Waals surface area (Å²) in [5, 5.41) is 7.74. The zero-order valence-electron chi connectivity index (χ0n) is 18.4. The van der Waals surface area contributed by atoms with Crippen molar-refractivity contribution in [3.8, 4) is 33.4 Å². The Morgan fingerprint density at radius 1 is 0.412 bits per heavy atom. The van der Waals surface area contributed by atoms with Gasteiger partial charge in [-0.2, -0.15) is 0 Å². The predicted molar refractivity (Wildman–Crippen MR) is 142 cm³/mol. The predicted octanol–water partition coefficient (Wildman–Crippen LogP) is 8.38. The summed E-state index contributed by atoms with van der Waals surface area (Å²) < 4.78 is 0. The van der Waals surface area contributed by atoms with Gasteiger partial charge < -0.3 is 0 Å². The number of hydrogen-bond donors (Lipinski definition) is 0. The highest BCUT2D eigenvalue weighted by atomic mass is 14.6. The standard InChI is InChI=1S/C32H20N2/c1-3-24(21-14-17-33-18-15-21)19-25(4-1)27-10-6-22-9-13-30-28(26-5-2-16-34-20-26)11-7-23-8-12-29(27)31(22)32(23)30/h1-20H. The molecule has 5 aromatic carbocycles. The lowest BCUT2D eigenvalue weighted by Gasteiger charge is -2.16. The maximum Gasteiger partial charge on any atom is 0.0346 e. The molecule has 2 nitrogen and oxygen atoms in total. The Morgan fingerprint density at radius 3 is 1.71 bits per heavy atom. The summed E-state index contributed by atoms with van der Waals surface area (Å²) in [6, 6.07) is 35.1. The number of benzene rings is 5. The van der Waals surface area contributed by atoms with Gasteiger partial charge in [-0.05, 0) is 84.4 Å². The number of nitrogens with zero attached hydrogens (tertiary/aromatic N) is 2. The van der Waals surface area contributed by atoms with Crippen molar-refractivity contribution in [2.45, 2.75) is 0 Å². The van der Waals surface area contributed by atoms with Gasteiger partial charge in [0.1, 0.15) is 0 Å². The number of aromatic nitrogens is 2. The summed E-state index contributed by atoms with van der Waals surface area (Å²) in [7, 11) is 0. The number of rotatable bonds is 3. The molecule has 0 unspecified atom stereocenters. The van der Waals surface area contributed by atoms with Crippen LogP contribution in [0.3, 0.4) is 0 Å². The summed E-state index contributed by atoms with van der Waals surface area (Å²) in [6.45, 7) is 0. The van der Waals surface area contributed by atoms with Gasteiger partial charge in [0, 0.05) is 30.4 Å². The van der Waals surface area contributed by atoms with E-state index in [1.807, 2.05) is 30.9 Å². The minimum Gasteiger partial charge on any atom is -0.265 e. The first-order valence-corrected chi connectivity index (χ1v) is 11.5. The van der Waals surface area contributed by atoms with Gasteiger partial charge in [-0.25, -0.2) is 0 Å². The van der Waals surface area contributed by atoms with E-state index in [9.17, 15) is 0 Å².